The van der Waals surface area contributed by atoms with Gasteiger partial charge in [0.1, 0.15) is 5.69 Å². The molecule has 0 spiro atoms. The third-order valence-electron chi connectivity index (χ3n) is 2.18. The maximum Gasteiger partial charge on any atom is 0.294 e. The van der Waals surface area contributed by atoms with Crippen LogP contribution in [-0.4, -0.2) is 24.5 Å². The van der Waals surface area contributed by atoms with Crippen molar-refractivity contribution < 1.29 is 18.4 Å². The van der Waals surface area contributed by atoms with Crippen LogP contribution >= 0.6 is 22.9 Å². The summed E-state index contributed by atoms with van der Waals surface area (Å²) in [5, 5.41) is 10.2. The number of hydrogen-bond acceptors (Lipinski definition) is 6. The Bertz CT molecular complexity index is 727. The summed E-state index contributed by atoms with van der Waals surface area (Å²) in [6.07, 6.45) is 0. The van der Waals surface area contributed by atoms with Crippen molar-refractivity contribution in [3.8, 4) is 0 Å². The van der Waals surface area contributed by atoms with Gasteiger partial charge in [-0.15, -0.1) is 11.3 Å². The van der Waals surface area contributed by atoms with Gasteiger partial charge in [0, 0.05) is 10.4 Å². The number of halogens is 1. The summed E-state index contributed by atoms with van der Waals surface area (Å²) in [6, 6.07) is 5.59. The second-order valence-electron chi connectivity index (χ2n) is 3.54. The Morgan fingerprint density at radius 1 is 1.30 bits per heavy atom. The number of thiazole rings is 1. The summed E-state index contributed by atoms with van der Waals surface area (Å²) in [4.78, 5) is 14.8. The molecule has 0 atom stereocenters. The van der Waals surface area contributed by atoms with Crippen LogP contribution in [0.25, 0.3) is 0 Å². The Kier molecular flexibility index (Phi) is 4.23. The average molecular weight is 334 g/mol. The second-order valence-corrected chi connectivity index (χ2v) is 6.52. The summed E-state index contributed by atoms with van der Waals surface area (Å²) >= 11 is 6.60. The molecule has 3 N–H and O–H groups in total. The van der Waals surface area contributed by atoms with E-state index in [-0.39, 0.29) is 15.7 Å². The predicted octanol–water partition coefficient (Wildman–Crippen LogP) is 1.72. The first-order valence-electron chi connectivity index (χ1n) is 5.11. The third-order valence-corrected chi connectivity index (χ3v) is 4.68. The van der Waals surface area contributed by atoms with Gasteiger partial charge in [0.25, 0.3) is 15.9 Å². The van der Waals surface area contributed by atoms with Crippen LogP contribution in [0.3, 0.4) is 0 Å². The van der Waals surface area contributed by atoms with Crippen molar-refractivity contribution in [2.24, 2.45) is 0 Å². The molecule has 0 unspecified atom stereocenters. The SMILES string of the molecule is O=C(NO)c1csc(NS(=O)(=O)c2ccc(Cl)cc2)n1. The summed E-state index contributed by atoms with van der Waals surface area (Å²) in [7, 11) is -3.80. The molecular weight excluding hydrogens is 326 g/mol. The van der Waals surface area contributed by atoms with E-state index < -0.39 is 15.9 Å². The molecule has 106 valence electrons. The van der Waals surface area contributed by atoms with Crippen molar-refractivity contribution in [3.63, 3.8) is 0 Å². The van der Waals surface area contributed by atoms with E-state index >= 15 is 0 Å². The van der Waals surface area contributed by atoms with Gasteiger partial charge < -0.3 is 0 Å². The van der Waals surface area contributed by atoms with Crippen molar-refractivity contribution >= 4 is 44.0 Å². The van der Waals surface area contributed by atoms with Gasteiger partial charge in [-0.05, 0) is 24.3 Å². The molecule has 1 heterocycles. The van der Waals surface area contributed by atoms with Gasteiger partial charge in [-0.3, -0.25) is 14.7 Å². The monoisotopic (exact) mass is 333 g/mol. The van der Waals surface area contributed by atoms with Gasteiger partial charge in [0.15, 0.2) is 5.13 Å². The highest BCUT2D eigenvalue weighted by Crippen LogP contribution is 2.21. The van der Waals surface area contributed by atoms with Crippen LogP contribution in [0, 0.1) is 0 Å². The topological polar surface area (TPSA) is 108 Å². The van der Waals surface area contributed by atoms with Crippen LogP contribution in [0.15, 0.2) is 34.5 Å². The number of hydrogen-bond donors (Lipinski definition) is 3. The molecule has 1 aromatic carbocycles. The summed E-state index contributed by atoms with van der Waals surface area (Å²) in [5.74, 6) is -0.821. The summed E-state index contributed by atoms with van der Waals surface area (Å²) in [5.41, 5.74) is 1.32. The number of rotatable bonds is 4. The third kappa shape index (κ3) is 3.25. The Labute approximate surface area is 123 Å². The molecule has 0 saturated carbocycles. The predicted molar refractivity (Wildman–Crippen MR) is 73.6 cm³/mol. The lowest BCUT2D eigenvalue weighted by atomic mass is 10.4. The number of sulfonamides is 1. The zero-order valence-corrected chi connectivity index (χ0v) is 12.1. The molecule has 0 aliphatic rings. The van der Waals surface area contributed by atoms with Crippen molar-refractivity contribution in [3.05, 3.63) is 40.4 Å². The molecule has 1 aromatic heterocycles. The lowest BCUT2D eigenvalue weighted by molar-refractivity contribution is 0.0701. The fraction of sp³-hybridized carbons (Fsp3) is 0. The lowest BCUT2D eigenvalue weighted by Gasteiger charge is -2.04. The highest BCUT2D eigenvalue weighted by atomic mass is 35.5. The highest BCUT2D eigenvalue weighted by Gasteiger charge is 2.17. The molecule has 0 fully saturated rings. The van der Waals surface area contributed by atoms with E-state index in [1.54, 1.807) is 0 Å². The second kappa shape index (κ2) is 5.75. The maximum atomic E-state index is 12.0. The largest absolute Gasteiger partial charge is 0.294 e. The molecular formula is C10H8ClN3O4S2. The van der Waals surface area contributed by atoms with Gasteiger partial charge in [-0.25, -0.2) is 18.9 Å². The van der Waals surface area contributed by atoms with Gasteiger partial charge in [-0.1, -0.05) is 11.6 Å². The first kappa shape index (κ1) is 14.7. The fourth-order valence-electron chi connectivity index (χ4n) is 1.27. The highest BCUT2D eigenvalue weighted by molar-refractivity contribution is 7.93. The van der Waals surface area contributed by atoms with E-state index in [9.17, 15) is 13.2 Å². The van der Waals surface area contributed by atoms with Crippen molar-refractivity contribution in [2.45, 2.75) is 4.90 Å². The number of nitrogens with zero attached hydrogens (tertiary/aromatic N) is 1. The van der Waals surface area contributed by atoms with E-state index in [1.165, 1.54) is 35.1 Å². The van der Waals surface area contributed by atoms with E-state index in [0.29, 0.717) is 5.02 Å². The normalized spacial score (nSPS) is 11.1. The Morgan fingerprint density at radius 2 is 1.95 bits per heavy atom. The van der Waals surface area contributed by atoms with Crippen molar-refractivity contribution in [1.82, 2.24) is 10.5 Å². The molecule has 7 nitrogen and oxygen atoms in total. The number of carbonyl (C=O) groups excluding carboxylic acids is 1. The standard InChI is InChI=1S/C10H8ClN3O4S2/c11-6-1-3-7(4-2-6)20(17,18)14-10-12-8(5-19-10)9(15)13-16/h1-5,16H,(H,12,14)(H,13,15). The van der Waals surface area contributed by atoms with E-state index in [1.807, 2.05) is 0 Å². The summed E-state index contributed by atoms with van der Waals surface area (Å²) in [6.45, 7) is 0. The minimum Gasteiger partial charge on any atom is -0.288 e. The molecule has 0 radical (unpaired) electrons. The molecule has 0 aliphatic carbocycles. The van der Waals surface area contributed by atoms with Crippen LogP contribution < -0.4 is 10.2 Å². The quantitative estimate of drug-likeness (QED) is 0.583. The number of aromatic nitrogens is 1. The van der Waals surface area contributed by atoms with Crippen molar-refractivity contribution in [1.29, 1.82) is 0 Å². The number of benzene rings is 1. The van der Waals surface area contributed by atoms with Crippen LogP contribution in [0.2, 0.25) is 5.02 Å². The van der Waals surface area contributed by atoms with E-state index in [4.69, 9.17) is 16.8 Å². The minimum atomic E-state index is -3.80. The Hall–Kier alpha value is -1.68. The smallest absolute Gasteiger partial charge is 0.288 e. The maximum absolute atomic E-state index is 12.0. The summed E-state index contributed by atoms with van der Waals surface area (Å²) < 4.78 is 26.3. The number of hydroxylamine groups is 1. The average Bonchev–Trinajstić information content (AvgIpc) is 2.86. The zero-order valence-electron chi connectivity index (χ0n) is 9.70. The Balaban J connectivity index is 2.22. The number of nitrogens with one attached hydrogen (secondary N) is 2. The minimum absolute atomic E-state index is 0.0125. The number of anilines is 1. The van der Waals surface area contributed by atoms with Crippen LogP contribution in [0.5, 0.6) is 0 Å². The van der Waals surface area contributed by atoms with Gasteiger partial charge >= 0.3 is 0 Å². The van der Waals surface area contributed by atoms with Gasteiger partial charge in [0.05, 0.1) is 4.90 Å². The van der Waals surface area contributed by atoms with Gasteiger partial charge in [0.2, 0.25) is 0 Å². The lowest BCUT2D eigenvalue weighted by Crippen LogP contribution is -2.19. The first-order valence-corrected chi connectivity index (χ1v) is 7.85. The first-order chi connectivity index (χ1) is 9.42. The molecule has 10 heteroatoms. The van der Waals surface area contributed by atoms with Crippen LogP contribution in [-0.2, 0) is 10.0 Å². The molecule has 1 amide bonds. The molecule has 20 heavy (non-hydrogen) atoms. The molecule has 0 aliphatic heterocycles. The number of amides is 1. The molecule has 2 rings (SSSR count). The van der Waals surface area contributed by atoms with E-state index in [0.717, 1.165) is 11.3 Å². The molecule has 0 bridgehead atoms. The van der Waals surface area contributed by atoms with Gasteiger partial charge in [-0.2, -0.15) is 0 Å². The fourth-order valence-corrected chi connectivity index (χ4v) is 3.34. The van der Waals surface area contributed by atoms with E-state index in [2.05, 4.69) is 9.71 Å². The zero-order chi connectivity index (χ0) is 14.8. The van der Waals surface area contributed by atoms with Crippen LogP contribution in [0.1, 0.15) is 10.5 Å². The number of carbonyl (C=O) groups is 1. The molecule has 2 aromatic rings. The molecule has 0 saturated heterocycles. The Morgan fingerprint density at radius 3 is 2.55 bits per heavy atom. The van der Waals surface area contributed by atoms with Crippen LogP contribution in [0.4, 0.5) is 5.13 Å². The van der Waals surface area contributed by atoms with Crippen molar-refractivity contribution in [2.75, 3.05) is 4.72 Å².